The number of benzene rings is 1. The number of imidazole rings is 1. The van der Waals surface area contributed by atoms with Crippen molar-refractivity contribution in [3.8, 4) is 17.4 Å². The Labute approximate surface area is 202 Å². The van der Waals surface area contributed by atoms with Gasteiger partial charge in [-0.1, -0.05) is 0 Å². The van der Waals surface area contributed by atoms with Crippen molar-refractivity contribution >= 4 is 33.9 Å². The average molecular weight is 477 g/mol. The van der Waals surface area contributed by atoms with Crippen LogP contribution in [-0.4, -0.2) is 67.4 Å². The van der Waals surface area contributed by atoms with Gasteiger partial charge < -0.3 is 29.2 Å². The maximum atomic E-state index is 13.2. The van der Waals surface area contributed by atoms with Gasteiger partial charge in [-0.3, -0.25) is 4.79 Å². The Morgan fingerprint density at radius 2 is 2.06 bits per heavy atom. The number of rotatable bonds is 5. The third-order valence-electron chi connectivity index (χ3n) is 6.68. The van der Waals surface area contributed by atoms with Crippen LogP contribution in [-0.2, 0) is 13.6 Å². The Balaban J connectivity index is 1.50. The van der Waals surface area contributed by atoms with Gasteiger partial charge in [-0.05, 0) is 44.0 Å². The number of ether oxygens (including phenoxy) is 1. The van der Waals surface area contributed by atoms with E-state index in [1.54, 1.807) is 12.0 Å². The second-order valence-electron chi connectivity index (χ2n) is 8.80. The highest BCUT2D eigenvalue weighted by molar-refractivity contribution is 5.98. The normalized spacial score (nSPS) is 16.1. The minimum Gasteiger partial charge on any atom is -0.481 e. The number of likely N-dealkylation sites (tertiary alicyclic amines) is 1. The summed E-state index contributed by atoms with van der Waals surface area (Å²) in [7, 11) is 3.57. The van der Waals surface area contributed by atoms with Gasteiger partial charge >= 0.3 is 6.09 Å². The zero-order chi connectivity index (χ0) is 24.7. The highest BCUT2D eigenvalue weighted by Crippen LogP contribution is 2.31. The summed E-state index contributed by atoms with van der Waals surface area (Å²) in [4.78, 5) is 35.2. The summed E-state index contributed by atoms with van der Waals surface area (Å²) < 4.78 is 9.48. The monoisotopic (exact) mass is 476 g/mol. The van der Waals surface area contributed by atoms with E-state index in [0.29, 0.717) is 24.5 Å². The summed E-state index contributed by atoms with van der Waals surface area (Å²) in [6, 6.07) is 9.29. The highest BCUT2D eigenvalue weighted by atomic mass is 16.5. The molecule has 1 unspecified atom stereocenters. The van der Waals surface area contributed by atoms with E-state index >= 15 is 0 Å². The number of piperidine rings is 1. The van der Waals surface area contributed by atoms with E-state index in [2.05, 4.69) is 27.9 Å². The van der Waals surface area contributed by atoms with Crippen LogP contribution in [0.4, 0.5) is 4.79 Å². The molecule has 0 spiro atoms. The number of carboxylic acid groups (broad SMARTS) is 1. The number of hydrogen-bond acceptors (Lipinski definition) is 5. The third kappa shape index (κ3) is 4.05. The van der Waals surface area contributed by atoms with Crippen LogP contribution in [0, 0.1) is 0 Å². The van der Waals surface area contributed by atoms with Crippen molar-refractivity contribution in [2.24, 2.45) is 7.05 Å². The van der Waals surface area contributed by atoms with Crippen LogP contribution in [0.3, 0.4) is 0 Å². The predicted molar refractivity (Wildman–Crippen MR) is 132 cm³/mol. The lowest BCUT2D eigenvalue weighted by molar-refractivity contribution is 0.0692. The van der Waals surface area contributed by atoms with Crippen LogP contribution in [0.15, 0.2) is 36.5 Å². The quantitative estimate of drug-likeness (QED) is 0.456. The molecule has 1 saturated heterocycles. The minimum absolute atomic E-state index is 0.114. The smallest absolute Gasteiger partial charge is 0.404 e. The number of aryl methyl sites for hydroxylation is 2. The number of hydrogen-bond donors (Lipinski definition) is 2. The third-order valence-corrected chi connectivity index (χ3v) is 6.68. The molecule has 0 bridgehead atoms. The van der Waals surface area contributed by atoms with Crippen molar-refractivity contribution in [3.05, 3.63) is 42.1 Å². The van der Waals surface area contributed by atoms with Crippen molar-refractivity contribution in [1.29, 1.82) is 0 Å². The SMILES string of the molecule is CCn1c(-c2nc3cc(C(=O)N4CCCC(NC(=O)O)C4)ccc3n2C)cc2cc(OC)ncc21. The van der Waals surface area contributed by atoms with E-state index in [9.17, 15) is 9.59 Å². The van der Waals surface area contributed by atoms with Gasteiger partial charge in [0.15, 0.2) is 5.82 Å². The highest BCUT2D eigenvalue weighted by Gasteiger charge is 2.26. The Hall–Kier alpha value is -4.08. The van der Waals surface area contributed by atoms with Crippen LogP contribution in [0.1, 0.15) is 30.1 Å². The molecule has 1 aromatic carbocycles. The molecule has 4 aromatic rings. The van der Waals surface area contributed by atoms with E-state index in [4.69, 9.17) is 14.8 Å². The van der Waals surface area contributed by atoms with E-state index in [-0.39, 0.29) is 11.9 Å². The second kappa shape index (κ2) is 8.94. The van der Waals surface area contributed by atoms with Crippen molar-refractivity contribution < 1.29 is 19.4 Å². The first-order valence-corrected chi connectivity index (χ1v) is 11.7. The number of amides is 2. The Bertz CT molecular complexity index is 1440. The number of nitrogens with one attached hydrogen (secondary N) is 1. The lowest BCUT2D eigenvalue weighted by Crippen LogP contribution is -2.49. The molecule has 0 saturated carbocycles. The van der Waals surface area contributed by atoms with Gasteiger partial charge in [0.1, 0.15) is 0 Å². The van der Waals surface area contributed by atoms with Gasteiger partial charge in [-0.2, -0.15) is 0 Å². The number of carbonyl (C=O) groups is 2. The zero-order valence-electron chi connectivity index (χ0n) is 20.0. The largest absolute Gasteiger partial charge is 0.481 e. The summed E-state index contributed by atoms with van der Waals surface area (Å²) in [5.41, 5.74) is 4.16. The maximum absolute atomic E-state index is 13.2. The van der Waals surface area contributed by atoms with Gasteiger partial charge in [0, 0.05) is 49.7 Å². The topological polar surface area (TPSA) is 115 Å². The first-order chi connectivity index (χ1) is 16.9. The van der Waals surface area contributed by atoms with Crippen molar-refractivity contribution in [1.82, 2.24) is 29.3 Å². The van der Waals surface area contributed by atoms with E-state index in [1.807, 2.05) is 42.1 Å². The molecule has 1 atom stereocenters. The Morgan fingerprint density at radius 1 is 1.23 bits per heavy atom. The molecule has 182 valence electrons. The van der Waals surface area contributed by atoms with Gasteiger partial charge in [0.25, 0.3) is 5.91 Å². The fraction of sp³-hybridized carbons (Fsp3) is 0.360. The second-order valence-corrected chi connectivity index (χ2v) is 8.80. The van der Waals surface area contributed by atoms with Crippen molar-refractivity contribution in [2.45, 2.75) is 32.4 Å². The standard InChI is InChI=1S/C25H28N6O4/c1-4-31-20(11-16-12-22(35-3)26-13-21(16)31)23-28-18-10-15(7-8-19(18)29(23)2)24(32)30-9-5-6-17(14-30)27-25(33)34/h7-8,10-13,17,27H,4-6,9,14H2,1-3H3,(H,33,34). The molecule has 3 aromatic heterocycles. The molecular formula is C25H28N6O4. The molecule has 10 heteroatoms. The van der Waals surface area contributed by atoms with Crippen molar-refractivity contribution in [3.63, 3.8) is 0 Å². The molecule has 1 fully saturated rings. The van der Waals surface area contributed by atoms with Gasteiger partial charge in [-0.15, -0.1) is 0 Å². The van der Waals surface area contributed by atoms with Gasteiger partial charge in [0.05, 0.1) is 35.6 Å². The van der Waals surface area contributed by atoms with Crippen LogP contribution in [0.2, 0.25) is 0 Å². The van der Waals surface area contributed by atoms with Crippen molar-refractivity contribution in [2.75, 3.05) is 20.2 Å². The number of carbonyl (C=O) groups excluding carboxylic acids is 1. The molecular weight excluding hydrogens is 448 g/mol. The van der Waals surface area contributed by atoms with Crippen LogP contribution in [0.5, 0.6) is 5.88 Å². The van der Waals surface area contributed by atoms with Crippen LogP contribution in [0.25, 0.3) is 33.5 Å². The summed E-state index contributed by atoms with van der Waals surface area (Å²) in [6.45, 7) is 3.80. The number of aromatic nitrogens is 4. The predicted octanol–water partition coefficient (Wildman–Crippen LogP) is 3.49. The average Bonchev–Trinajstić information content (AvgIpc) is 3.39. The molecule has 1 aliphatic rings. The first-order valence-electron chi connectivity index (χ1n) is 11.7. The Kier molecular flexibility index (Phi) is 5.80. The lowest BCUT2D eigenvalue weighted by atomic mass is 10.0. The summed E-state index contributed by atoms with van der Waals surface area (Å²) in [6.07, 6.45) is 2.23. The van der Waals surface area contributed by atoms with E-state index < -0.39 is 6.09 Å². The lowest BCUT2D eigenvalue weighted by Gasteiger charge is -2.32. The number of pyridine rings is 1. The molecule has 5 rings (SSSR count). The Morgan fingerprint density at radius 3 is 2.80 bits per heavy atom. The summed E-state index contributed by atoms with van der Waals surface area (Å²) in [5, 5.41) is 12.5. The van der Waals surface area contributed by atoms with Gasteiger partial charge in [-0.25, -0.2) is 14.8 Å². The van der Waals surface area contributed by atoms with Crippen LogP contribution >= 0.6 is 0 Å². The van der Waals surface area contributed by atoms with Gasteiger partial charge in [0.2, 0.25) is 5.88 Å². The minimum atomic E-state index is -1.06. The van der Waals surface area contributed by atoms with Crippen LogP contribution < -0.4 is 10.1 Å². The fourth-order valence-corrected chi connectivity index (χ4v) is 4.98. The molecule has 10 nitrogen and oxygen atoms in total. The summed E-state index contributed by atoms with van der Waals surface area (Å²) >= 11 is 0. The molecule has 2 amide bonds. The molecule has 35 heavy (non-hydrogen) atoms. The first kappa shape index (κ1) is 22.7. The fourth-order valence-electron chi connectivity index (χ4n) is 4.98. The number of methoxy groups -OCH3 is 1. The molecule has 0 aliphatic carbocycles. The molecule has 4 heterocycles. The molecule has 1 aliphatic heterocycles. The maximum Gasteiger partial charge on any atom is 0.404 e. The van der Waals surface area contributed by atoms with E-state index in [0.717, 1.165) is 52.8 Å². The zero-order valence-corrected chi connectivity index (χ0v) is 20.0. The number of nitrogens with zero attached hydrogens (tertiary/aromatic N) is 5. The van der Waals surface area contributed by atoms with E-state index in [1.165, 1.54) is 0 Å². The summed E-state index contributed by atoms with van der Waals surface area (Å²) in [5.74, 6) is 1.24. The molecule has 2 N–H and O–H groups in total. The molecule has 0 radical (unpaired) electrons. The number of fused-ring (bicyclic) bond motifs is 2.